The molecule has 1 aromatic carbocycles. The molecule has 4 N–H and O–H groups in total. The SMILES string of the molecule is NCC(NC(=O)c1cc(N2CCNC2=O)ccc1Cl)C1CC1. The van der Waals surface area contributed by atoms with E-state index in [1.54, 1.807) is 23.1 Å². The van der Waals surface area contributed by atoms with Gasteiger partial charge in [0.15, 0.2) is 0 Å². The molecule has 1 aliphatic carbocycles. The number of rotatable bonds is 5. The summed E-state index contributed by atoms with van der Waals surface area (Å²) in [5.74, 6) is 0.231. The molecular weight excluding hydrogens is 304 g/mol. The maximum absolute atomic E-state index is 12.4. The molecule has 1 saturated carbocycles. The number of halogens is 1. The van der Waals surface area contributed by atoms with Crippen LogP contribution in [0.4, 0.5) is 10.5 Å². The summed E-state index contributed by atoms with van der Waals surface area (Å²) in [6.45, 7) is 1.59. The molecule has 1 atom stereocenters. The summed E-state index contributed by atoms with van der Waals surface area (Å²) in [4.78, 5) is 25.8. The van der Waals surface area contributed by atoms with Crippen molar-refractivity contribution in [2.24, 2.45) is 11.7 Å². The molecule has 1 aliphatic heterocycles. The number of benzene rings is 1. The van der Waals surface area contributed by atoms with Crippen LogP contribution in [0, 0.1) is 5.92 Å². The molecular formula is C15H19ClN4O2. The van der Waals surface area contributed by atoms with Crippen LogP contribution in [0.25, 0.3) is 0 Å². The Balaban J connectivity index is 1.79. The molecule has 0 radical (unpaired) electrons. The number of anilines is 1. The van der Waals surface area contributed by atoms with Gasteiger partial charge in [-0.15, -0.1) is 0 Å². The highest BCUT2D eigenvalue weighted by atomic mass is 35.5. The minimum absolute atomic E-state index is 0.0118. The zero-order valence-corrected chi connectivity index (χ0v) is 12.9. The molecule has 7 heteroatoms. The number of nitrogens with one attached hydrogen (secondary N) is 2. The van der Waals surface area contributed by atoms with Crippen LogP contribution in [0.1, 0.15) is 23.2 Å². The number of amides is 3. The van der Waals surface area contributed by atoms with Gasteiger partial charge < -0.3 is 16.4 Å². The van der Waals surface area contributed by atoms with Crippen molar-refractivity contribution in [2.45, 2.75) is 18.9 Å². The predicted octanol–water partition coefficient (Wildman–Crippen LogP) is 1.34. The number of urea groups is 1. The van der Waals surface area contributed by atoms with Crippen LogP contribution in [0.3, 0.4) is 0 Å². The zero-order chi connectivity index (χ0) is 15.7. The van der Waals surface area contributed by atoms with Crippen molar-refractivity contribution in [3.63, 3.8) is 0 Å². The molecule has 2 aliphatic rings. The molecule has 2 fully saturated rings. The number of hydrogen-bond donors (Lipinski definition) is 3. The highest BCUT2D eigenvalue weighted by Gasteiger charge is 2.32. The van der Waals surface area contributed by atoms with Gasteiger partial charge in [-0.05, 0) is 37.0 Å². The Morgan fingerprint density at radius 3 is 2.86 bits per heavy atom. The molecule has 0 spiro atoms. The molecule has 22 heavy (non-hydrogen) atoms. The van der Waals surface area contributed by atoms with Gasteiger partial charge >= 0.3 is 6.03 Å². The van der Waals surface area contributed by atoms with Gasteiger partial charge in [0.1, 0.15) is 0 Å². The first-order valence-corrected chi connectivity index (χ1v) is 7.84. The third-order valence-electron chi connectivity index (χ3n) is 4.12. The molecule has 1 unspecified atom stereocenters. The van der Waals surface area contributed by atoms with E-state index >= 15 is 0 Å². The average Bonchev–Trinajstić information content (AvgIpc) is 3.27. The van der Waals surface area contributed by atoms with Gasteiger partial charge in [-0.2, -0.15) is 0 Å². The summed E-state index contributed by atoms with van der Waals surface area (Å²) in [5.41, 5.74) is 6.76. The fourth-order valence-electron chi connectivity index (χ4n) is 2.69. The lowest BCUT2D eigenvalue weighted by atomic mass is 10.1. The van der Waals surface area contributed by atoms with E-state index in [0.29, 0.717) is 41.8 Å². The monoisotopic (exact) mass is 322 g/mol. The van der Waals surface area contributed by atoms with Crippen molar-refractivity contribution in [1.29, 1.82) is 0 Å². The topological polar surface area (TPSA) is 87.5 Å². The first kappa shape index (κ1) is 15.1. The quantitative estimate of drug-likeness (QED) is 0.764. The van der Waals surface area contributed by atoms with Crippen LogP contribution in [-0.4, -0.2) is 37.6 Å². The fraction of sp³-hybridized carbons (Fsp3) is 0.467. The normalized spacial score (nSPS) is 19.0. The number of hydrogen-bond acceptors (Lipinski definition) is 3. The van der Waals surface area contributed by atoms with Crippen LogP contribution in [0.2, 0.25) is 5.02 Å². The van der Waals surface area contributed by atoms with Crippen molar-refractivity contribution in [2.75, 3.05) is 24.5 Å². The van der Waals surface area contributed by atoms with Crippen LogP contribution in [-0.2, 0) is 0 Å². The van der Waals surface area contributed by atoms with E-state index in [1.165, 1.54) is 0 Å². The van der Waals surface area contributed by atoms with E-state index < -0.39 is 0 Å². The Morgan fingerprint density at radius 2 is 2.27 bits per heavy atom. The summed E-state index contributed by atoms with van der Waals surface area (Å²) < 4.78 is 0. The zero-order valence-electron chi connectivity index (χ0n) is 12.1. The maximum atomic E-state index is 12.4. The molecule has 118 valence electrons. The minimum atomic E-state index is -0.242. The second-order valence-electron chi connectivity index (χ2n) is 5.70. The lowest BCUT2D eigenvalue weighted by molar-refractivity contribution is 0.0933. The Bertz CT molecular complexity index is 603. The van der Waals surface area contributed by atoms with Gasteiger partial charge in [0.2, 0.25) is 0 Å². The molecule has 3 rings (SSSR count). The lowest BCUT2D eigenvalue weighted by Gasteiger charge is -2.19. The van der Waals surface area contributed by atoms with E-state index in [4.69, 9.17) is 17.3 Å². The largest absolute Gasteiger partial charge is 0.348 e. The van der Waals surface area contributed by atoms with Gasteiger partial charge in [0, 0.05) is 31.4 Å². The Kier molecular flexibility index (Phi) is 4.22. The van der Waals surface area contributed by atoms with Gasteiger partial charge in [0.25, 0.3) is 5.91 Å². The summed E-state index contributed by atoms with van der Waals surface area (Å²) in [5, 5.41) is 6.05. The van der Waals surface area contributed by atoms with Gasteiger partial charge in [-0.3, -0.25) is 9.69 Å². The number of nitrogens with zero attached hydrogens (tertiary/aromatic N) is 1. The van der Waals surface area contributed by atoms with Crippen molar-refractivity contribution in [3.8, 4) is 0 Å². The van der Waals surface area contributed by atoms with Gasteiger partial charge in [-0.1, -0.05) is 11.6 Å². The molecule has 1 heterocycles. The Hall–Kier alpha value is -1.79. The summed E-state index contributed by atoms with van der Waals surface area (Å²) >= 11 is 6.14. The maximum Gasteiger partial charge on any atom is 0.321 e. The highest BCUT2D eigenvalue weighted by Crippen LogP contribution is 2.32. The van der Waals surface area contributed by atoms with Crippen molar-refractivity contribution >= 4 is 29.2 Å². The standard InChI is InChI=1S/C15H19ClN4O2/c16-12-4-3-10(20-6-5-18-15(20)22)7-11(12)14(21)19-13(8-17)9-1-2-9/h3-4,7,9,13H,1-2,5-6,8,17H2,(H,18,22)(H,19,21). The lowest BCUT2D eigenvalue weighted by Crippen LogP contribution is -2.41. The minimum Gasteiger partial charge on any atom is -0.348 e. The van der Waals surface area contributed by atoms with Crippen LogP contribution < -0.4 is 21.3 Å². The summed E-state index contributed by atoms with van der Waals surface area (Å²) in [6.07, 6.45) is 2.20. The summed E-state index contributed by atoms with van der Waals surface area (Å²) in [6, 6.07) is 4.87. The second-order valence-corrected chi connectivity index (χ2v) is 6.11. The third kappa shape index (κ3) is 3.03. The summed E-state index contributed by atoms with van der Waals surface area (Å²) in [7, 11) is 0. The predicted molar refractivity (Wildman–Crippen MR) is 85.2 cm³/mol. The van der Waals surface area contributed by atoms with Crippen LogP contribution in [0.15, 0.2) is 18.2 Å². The van der Waals surface area contributed by atoms with Crippen LogP contribution in [0.5, 0.6) is 0 Å². The first-order valence-electron chi connectivity index (χ1n) is 7.46. The van der Waals surface area contributed by atoms with Crippen molar-refractivity contribution < 1.29 is 9.59 Å². The smallest absolute Gasteiger partial charge is 0.321 e. The Labute approximate surface area is 134 Å². The van der Waals surface area contributed by atoms with Gasteiger partial charge in [-0.25, -0.2) is 4.79 Å². The van der Waals surface area contributed by atoms with E-state index in [0.717, 1.165) is 12.8 Å². The van der Waals surface area contributed by atoms with E-state index in [2.05, 4.69) is 10.6 Å². The van der Waals surface area contributed by atoms with Crippen LogP contribution >= 0.6 is 11.6 Å². The fourth-order valence-corrected chi connectivity index (χ4v) is 2.89. The molecule has 6 nitrogen and oxygen atoms in total. The average molecular weight is 323 g/mol. The van der Waals surface area contributed by atoms with E-state index in [1.807, 2.05) is 0 Å². The van der Waals surface area contributed by atoms with Crippen molar-refractivity contribution in [3.05, 3.63) is 28.8 Å². The number of nitrogens with two attached hydrogens (primary N) is 1. The second kappa shape index (κ2) is 6.14. The number of carbonyl (C=O) groups excluding carboxylic acids is 2. The number of carbonyl (C=O) groups is 2. The molecule has 0 bridgehead atoms. The highest BCUT2D eigenvalue weighted by molar-refractivity contribution is 6.34. The molecule has 1 aromatic rings. The first-order chi connectivity index (χ1) is 10.6. The van der Waals surface area contributed by atoms with E-state index in [9.17, 15) is 9.59 Å². The molecule has 3 amide bonds. The van der Waals surface area contributed by atoms with Gasteiger partial charge in [0.05, 0.1) is 10.6 Å². The van der Waals surface area contributed by atoms with Crippen molar-refractivity contribution in [1.82, 2.24) is 10.6 Å². The third-order valence-corrected chi connectivity index (χ3v) is 4.45. The Morgan fingerprint density at radius 1 is 1.50 bits per heavy atom. The molecule has 0 aromatic heterocycles. The molecule has 1 saturated heterocycles. The van der Waals surface area contributed by atoms with E-state index in [-0.39, 0.29) is 18.0 Å².